The van der Waals surface area contributed by atoms with Crippen molar-refractivity contribution in [2.45, 2.75) is 125 Å². The highest BCUT2D eigenvalue weighted by Gasteiger charge is 2.70. The number of hydrogen-bond acceptors (Lipinski definition) is 5. The van der Waals surface area contributed by atoms with Gasteiger partial charge < -0.3 is 20.1 Å². The molecule has 6 heteroatoms. The van der Waals surface area contributed by atoms with Gasteiger partial charge in [0.15, 0.2) is 0 Å². The summed E-state index contributed by atoms with van der Waals surface area (Å²) in [7, 11) is 0. The van der Waals surface area contributed by atoms with E-state index in [9.17, 15) is 24.9 Å². The van der Waals surface area contributed by atoms with Crippen molar-refractivity contribution in [3.8, 4) is 0 Å². The van der Waals surface area contributed by atoms with Gasteiger partial charge in [-0.2, -0.15) is 0 Å². The molecule has 6 nitrogen and oxygen atoms in total. The van der Waals surface area contributed by atoms with Crippen molar-refractivity contribution in [1.29, 1.82) is 0 Å². The molecule has 4 aliphatic rings. The largest absolute Gasteiger partial charge is 0.478 e. The van der Waals surface area contributed by atoms with Crippen LogP contribution in [-0.4, -0.2) is 45.6 Å². The summed E-state index contributed by atoms with van der Waals surface area (Å²) in [6, 6.07) is 0. The van der Waals surface area contributed by atoms with E-state index in [2.05, 4.69) is 41.5 Å². The van der Waals surface area contributed by atoms with Gasteiger partial charge in [-0.25, -0.2) is 4.79 Å². The number of aliphatic hydroxyl groups excluding tert-OH is 2. The van der Waals surface area contributed by atoms with E-state index in [0.717, 1.165) is 44.1 Å². The SMILES string of the molecule is CC(=O)O[C@H]1C[C@@]2(C)[C@@H](C[C@@H](O)[C@H]3[C@@]4(C)CC[C@@H](O)[C@@H](C)[C@@H]4CC[C@@]32C)/C1=C(/CCCC(C)C)C(=O)O. The van der Waals surface area contributed by atoms with E-state index < -0.39 is 18.2 Å². The first-order chi connectivity index (χ1) is 17.2. The highest BCUT2D eigenvalue weighted by Crippen LogP contribution is 2.74. The number of rotatable bonds is 6. The summed E-state index contributed by atoms with van der Waals surface area (Å²) in [6.45, 7) is 14.8. The molecule has 0 aromatic heterocycles. The number of carboxylic acid groups (broad SMARTS) is 1. The van der Waals surface area contributed by atoms with E-state index in [4.69, 9.17) is 4.74 Å². The van der Waals surface area contributed by atoms with Crippen LogP contribution in [-0.2, 0) is 14.3 Å². The molecule has 0 aromatic rings. The number of hydrogen-bond donors (Lipinski definition) is 3. The van der Waals surface area contributed by atoms with E-state index >= 15 is 0 Å². The molecule has 0 bridgehead atoms. The van der Waals surface area contributed by atoms with Crippen LogP contribution in [0, 0.1) is 45.8 Å². The van der Waals surface area contributed by atoms with Crippen LogP contribution in [0.4, 0.5) is 0 Å². The van der Waals surface area contributed by atoms with Gasteiger partial charge in [0, 0.05) is 12.5 Å². The Labute approximate surface area is 223 Å². The average Bonchev–Trinajstić information content (AvgIpc) is 3.05. The summed E-state index contributed by atoms with van der Waals surface area (Å²) in [5.74, 6) is -0.339. The fourth-order valence-electron chi connectivity index (χ4n) is 9.97. The summed E-state index contributed by atoms with van der Waals surface area (Å²) in [5, 5.41) is 32.9. The van der Waals surface area contributed by atoms with Crippen molar-refractivity contribution in [1.82, 2.24) is 0 Å². The minimum atomic E-state index is -0.923. The smallest absolute Gasteiger partial charge is 0.331 e. The standard InChI is InChI=1S/C31H50O6/c1-17(2)9-8-10-20(28(35)36)26-22-15-24(34)27-29(5)13-12-23(33)18(3)21(29)11-14-30(27,6)31(22,7)16-25(26)37-19(4)32/h17-18,21-25,27,33-34H,8-16H2,1-7H3,(H,35,36)/b26-20+/t18-,21-,22-,23+,24+,25-,27-,29-,30-,31-/m0/s1. The second-order valence-corrected chi connectivity index (χ2v) is 14.1. The minimum absolute atomic E-state index is 0.0569. The minimum Gasteiger partial charge on any atom is -0.478 e. The van der Waals surface area contributed by atoms with Gasteiger partial charge in [-0.1, -0.05) is 48.0 Å². The summed E-state index contributed by atoms with van der Waals surface area (Å²) in [5.41, 5.74) is 0.537. The van der Waals surface area contributed by atoms with E-state index in [-0.39, 0.29) is 46.1 Å². The van der Waals surface area contributed by atoms with Crippen molar-refractivity contribution in [3.63, 3.8) is 0 Å². The van der Waals surface area contributed by atoms with Gasteiger partial charge in [0.05, 0.1) is 12.2 Å². The lowest BCUT2D eigenvalue weighted by Crippen LogP contribution is -2.65. The number of aliphatic hydroxyl groups is 2. The molecule has 10 atom stereocenters. The van der Waals surface area contributed by atoms with Crippen molar-refractivity contribution in [3.05, 3.63) is 11.1 Å². The van der Waals surface area contributed by atoms with Crippen LogP contribution in [0.3, 0.4) is 0 Å². The van der Waals surface area contributed by atoms with E-state index in [0.29, 0.717) is 36.7 Å². The third kappa shape index (κ3) is 4.48. The average molecular weight is 519 g/mol. The Morgan fingerprint density at radius 3 is 2.32 bits per heavy atom. The Bertz CT molecular complexity index is 940. The number of carbonyl (C=O) groups is 2. The Hall–Kier alpha value is -1.40. The van der Waals surface area contributed by atoms with Crippen molar-refractivity contribution >= 4 is 11.9 Å². The lowest BCUT2D eigenvalue weighted by atomic mass is 9.36. The highest BCUT2D eigenvalue weighted by molar-refractivity contribution is 5.88. The Balaban J connectivity index is 1.80. The predicted octanol–water partition coefficient (Wildman–Crippen LogP) is 5.75. The fraction of sp³-hybridized carbons (Fsp3) is 0.871. The zero-order chi connectivity index (χ0) is 27.5. The van der Waals surface area contributed by atoms with Gasteiger partial charge >= 0.3 is 11.9 Å². The Kier molecular flexibility index (Phi) is 7.71. The fourth-order valence-corrected chi connectivity index (χ4v) is 9.97. The quantitative estimate of drug-likeness (QED) is 0.306. The second-order valence-electron chi connectivity index (χ2n) is 14.1. The first kappa shape index (κ1) is 28.6. The van der Waals surface area contributed by atoms with Crippen LogP contribution in [0.15, 0.2) is 11.1 Å². The lowest BCUT2D eigenvalue weighted by molar-refractivity contribution is -0.234. The summed E-state index contributed by atoms with van der Waals surface area (Å²) >= 11 is 0. The molecule has 4 fully saturated rings. The summed E-state index contributed by atoms with van der Waals surface area (Å²) in [4.78, 5) is 24.9. The maximum Gasteiger partial charge on any atom is 0.331 e. The van der Waals surface area contributed by atoms with Gasteiger partial charge in [0.1, 0.15) is 6.10 Å². The number of ether oxygens (including phenoxy) is 1. The van der Waals surface area contributed by atoms with Crippen LogP contribution in [0.25, 0.3) is 0 Å². The molecule has 0 heterocycles. The molecule has 0 amide bonds. The number of carbonyl (C=O) groups excluding carboxylic acids is 1. The molecule has 210 valence electrons. The molecular weight excluding hydrogens is 468 g/mol. The second kappa shape index (κ2) is 9.97. The first-order valence-electron chi connectivity index (χ1n) is 14.7. The third-order valence-electron chi connectivity index (χ3n) is 11.8. The zero-order valence-corrected chi connectivity index (χ0v) is 24.0. The molecule has 4 rings (SSSR count). The van der Waals surface area contributed by atoms with Gasteiger partial charge in [-0.05, 0) is 103 Å². The van der Waals surface area contributed by atoms with Gasteiger partial charge in [0.25, 0.3) is 0 Å². The van der Waals surface area contributed by atoms with Crippen molar-refractivity contribution in [2.75, 3.05) is 0 Å². The predicted molar refractivity (Wildman–Crippen MR) is 143 cm³/mol. The molecular formula is C31H50O6. The molecule has 3 N–H and O–H groups in total. The maximum absolute atomic E-state index is 12.6. The van der Waals surface area contributed by atoms with Crippen LogP contribution in [0.1, 0.15) is 106 Å². The van der Waals surface area contributed by atoms with Gasteiger partial charge in [-0.15, -0.1) is 0 Å². The van der Waals surface area contributed by atoms with Crippen molar-refractivity contribution < 1.29 is 29.6 Å². The molecule has 4 saturated carbocycles. The zero-order valence-electron chi connectivity index (χ0n) is 24.0. The summed E-state index contributed by atoms with van der Waals surface area (Å²) in [6.07, 6.45) is 5.45. The number of carboxylic acids is 1. The molecule has 0 spiro atoms. The van der Waals surface area contributed by atoms with Crippen LogP contribution in [0.5, 0.6) is 0 Å². The molecule has 0 aromatic carbocycles. The Morgan fingerprint density at radius 1 is 1.05 bits per heavy atom. The van der Waals surface area contributed by atoms with Crippen LogP contribution >= 0.6 is 0 Å². The number of esters is 1. The van der Waals surface area contributed by atoms with E-state index in [1.165, 1.54) is 6.92 Å². The molecule has 37 heavy (non-hydrogen) atoms. The lowest BCUT2D eigenvalue weighted by Gasteiger charge is -2.69. The third-order valence-corrected chi connectivity index (χ3v) is 11.8. The van der Waals surface area contributed by atoms with Gasteiger partial charge in [-0.3, -0.25) is 4.79 Å². The van der Waals surface area contributed by atoms with E-state index in [1.807, 2.05) is 0 Å². The maximum atomic E-state index is 12.6. The Morgan fingerprint density at radius 2 is 1.73 bits per heavy atom. The molecule has 0 saturated heterocycles. The molecule has 0 radical (unpaired) electrons. The molecule has 0 unspecified atom stereocenters. The van der Waals surface area contributed by atoms with Crippen LogP contribution < -0.4 is 0 Å². The monoisotopic (exact) mass is 518 g/mol. The number of fused-ring (bicyclic) bond motifs is 5. The first-order valence-corrected chi connectivity index (χ1v) is 14.7. The topological polar surface area (TPSA) is 104 Å². The van der Waals surface area contributed by atoms with Gasteiger partial charge in [0.2, 0.25) is 0 Å². The highest BCUT2D eigenvalue weighted by atomic mass is 16.5. The molecule has 0 aliphatic heterocycles. The molecule has 4 aliphatic carbocycles. The van der Waals surface area contributed by atoms with E-state index in [1.54, 1.807) is 0 Å². The number of aliphatic carboxylic acids is 1. The van der Waals surface area contributed by atoms with Crippen LogP contribution in [0.2, 0.25) is 0 Å². The normalized spacial score (nSPS) is 46.6. The van der Waals surface area contributed by atoms with Crippen molar-refractivity contribution in [2.24, 2.45) is 45.8 Å². The summed E-state index contributed by atoms with van der Waals surface area (Å²) < 4.78 is 5.89.